The van der Waals surface area contributed by atoms with Crippen LogP contribution in [-0.4, -0.2) is 6.04 Å². The van der Waals surface area contributed by atoms with Crippen LogP contribution in [0.3, 0.4) is 0 Å². The molecule has 3 rings (SSSR count). The van der Waals surface area contributed by atoms with Gasteiger partial charge in [-0.25, -0.2) is 8.78 Å². The van der Waals surface area contributed by atoms with Crippen LogP contribution in [-0.2, 0) is 12.8 Å². The standard InChI is InChI=1S/C17H17F2N/c1-11-2-5-14-9-12(4-7-17(14)20-11)8-13-3-6-15(18)16(19)10-13/h3-4,6-7,9-11,20H,2,5,8H2,1H3. The average Bonchev–Trinajstić information content (AvgIpc) is 2.43. The third kappa shape index (κ3) is 2.67. The van der Waals surface area contributed by atoms with Gasteiger partial charge in [-0.05, 0) is 61.1 Å². The molecule has 2 aromatic rings. The fraction of sp³-hybridized carbons (Fsp3) is 0.294. The summed E-state index contributed by atoms with van der Waals surface area (Å²) in [6.45, 7) is 2.18. The Hall–Kier alpha value is -1.90. The summed E-state index contributed by atoms with van der Waals surface area (Å²) in [4.78, 5) is 0. The van der Waals surface area contributed by atoms with Gasteiger partial charge in [0.25, 0.3) is 0 Å². The van der Waals surface area contributed by atoms with Crippen molar-refractivity contribution in [3.63, 3.8) is 0 Å². The number of hydrogen-bond acceptors (Lipinski definition) is 1. The quantitative estimate of drug-likeness (QED) is 0.860. The molecule has 0 aliphatic carbocycles. The van der Waals surface area contributed by atoms with Crippen molar-refractivity contribution in [2.45, 2.75) is 32.2 Å². The Kier molecular flexibility index (Phi) is 3.43. The molecular formula is C17H17F2N. The molecule has 1 N–H and O–H groups in total. The Morgan fingerprint density at radius 1 is 1.05 bits per heavy atom. The third-order valence-electron chi connectivity index (χ3n) is 3.81. The molecule has 0 saturated carbocycles. The molecule has 104 valence electrons. The normalized spacial score (nSPS) is 17.4. The zero-order valence-corrected chi connectivity index (χ0v) is 11.4. The average molecular weight is 273 g/mol. The van der Waals surface area contributed by atoms with Crippen molar-refractivity contribution in [1.29, 1.82) is 0 Å². The van der Waals surface area contributed by atoms with Crippen molar-refractivity contribution >= 4 is 5.69 Å². The molecule has 20 heavy (non-hydrogen) atoms. The van der Waals surface area contributed by atoms with Crippen LogP contribution in [0.4, 0.5) is 14.5 Å². The van der Waals surface area contributed by atoms with Crippen LogP contribution < -0.4 is 5.32 Å². The van der Waals surface area contributed by atoms with Crippen molar-refractivity contribution in [2.24, 2.45) is 0 Å². The van der Waals surface area contributed by atoms with Gasteiger partial charge in [0.05, 0.1) is 0 Å². The van der Waals surface area contributed by atoms with Gasteiger partial charge in [0.1, 0.15) is 0 Å². The van der Waals surface area contributed by atoms with E-state index in [1.54, 1.807) is 6.07 Å². The van der Waals surface area contributed by atoms with Gasteiger partial charge in [-0.3, -0.25) is 0 Å². The van der Waals surface area contributed by atoms with Crippen LogP contribution in [0.1, 0.15) is 30.0 Å². The molecule has 0 bridgehead atoms. The first-order chi connectivity index (χ1) is 9.61. The predicted octanol–water partition coefficient (Wildman–Crippen LogP) is 4.30. The first kappa shape index (κ1) is 13.1. The van der Waals surface area contributed by atoms with E-state index in [1.807, 2.05) is 6.07 Å². The lowest BCUT2D eigenvalue weighted by Crippen LogP contribution is -2.21. The van der Waals surface area contributed by atoms with E-state index in [2.05, 4.69) is 24.4 Å². The summed E-state index contributed by atoms with van der Waals surface area (Å²) in [7, 11) is 0. The van der Waals surface area contributed by atoms with E-state index in [9.17, 15) is 8.78 Å². The lowest BCUT2D eigenvalue weighted by Gasteiger charge is -2.24. The van der Waals surface area contributed by atoms with Crippen LogP contribution in [0.2, 0.25) is 0 Å². The summed E-state index contributed by atoms with van der Waals surface area (Å²) >= 11 is 0. The van der Waals surface area contributed by atoms with E-state index in [0.29, 0.717) is 12.5 Å². The molecule has 1 unspecified atom stereocenters. The minimum atomic E-state index is -0.794. The summed E-state index contributed by atoms with van der Waals surface area (Å²) < 4.78 is 26.1. The Labute approximate surface area is 117 Å². The third-order valence-corrected chi connectivity index (χ3v) is 3.81. The summed E-state index contributed by atoms with van der Waals surface area (Å²) in [5.41, 5.74) is 4.42. The number of fused-ring (bicyclic) bond motifs is 1. The van der Waals surface area contributed by atoms with Crippen LogP contribution in [0.5, 0.6) is 0 Å². The van der Waals surface area contributed by atoms with Gasteiger partial charge in [0.15, 0.2) is 11.6 Å². The summed E-state index contributed by atoms with van der Waals surface area (Å²) in [6.07, 6.45) is 2.82. The topological polar surface area (TPSA) is 12.0 Å². The van der Waals surface area contributed by atoms with Crippen LogP contribution in [0.25, 0.3) is 0 Å². The highest BCUT2D eigenvalue weighted by atomic mass is 19.2. The Balaban J connectivity index is 1.83. The molecule has 0 fully saturated rings. The van der Waals surface area contributed by atoms with Crippen molar-refractivity contribution in [1.82, 2.24) is 0 Å². The molecule has 0 aromatic heterocycles. The van der Waals surface area contributed by atoms with E-state index < -0.39 is 11.6 Å². The highest BCUT2D eigenvalue weighted by Crippen LogP contribution is 2.26. The van der Waals surface area contributed by atoms with Crippen molar-refractivity contribution < 1.29 is 8.78 Å². The van der Waals surface area contributed by atoms with Gasteiger partial charge in [-0.15, -0.1) is 0 Å². The zero-order valence-electron chi connectivity index (χ0n) is 11.4. The zero-order chi connectivity index (χ0) is 14.1. The molecule has 2 aromatic carbocycles. The van der Waals surface area contributed by atoms with Gasteiger partial charge >= 0.3 is 0 Å². The van der Waals surface area contributed by atoms with E-state index >= 15 is 0 Å². The number of anilines is 1. The molecule has 0 radical (unpaired) electrons. The second-order valence-electron chi connectivity index (χ2n) is 5.50. The molecule has 3 heteroatoms. The molecular weight excluding hydrogens is 256 g/mol. The van der Waals surface area contributed by atoms with E-state index in [-0.39, 0.29) is 0 Å². The minimum Gasteiger partial charge on any atom is -0.382 e. The molecule has 1 aliphatic heterocycles. The predicted molar refractivity (Wildman–Crippen MR) is 77.0 cm³/mol. The Morgan fingerprint density at radius 3 is 2.60 bits per heavy atom. The fourth-order valence-corrected chi connectivity index (χ4v) is 2.70. The van der Waals surface area contributed by atoms with Gasteiger partial charge in [0, 0.05) is 11.7 Å². The Bertz CT molecular complexity index is 637. The molecule has 0 amide bonds. The van der Waals surface area contributed by atoms with E-state index in [0.717, 1.165) is 24.0 Å². The second kappa shape index (κ2) is 5.23. The number of halogens is 2. The molecule has 1 atom stereocenters. The second-order valence-corrected chi connectivity index (χ2v) is 5.50. The number of rotatable bonds is 2. The number of nitrogens with one attached hydrogen (secondary N) is 1. The molecule has 1 nitrogen and oxygen atoms in total. The summed E-state index contributed by atoms with van der Waals surface area (Å²) in [5, 5.41) is 3.46. The molecule has 1 aliphatic rings. The fourth-order valence-electron chi connectivity index (χ4n) is 2.70. The lowest BCUT2D eigenvalue weighted by atomic mass is 9.95. The summed E-state index contributed by atoms with van der Waals surface area (Å²) in [5.74, 6) is -1.58. The monoisotopic (exact) mass is 273 g/mol. The molecule has 1 heterocycles. The lowest BCUT2D eigenvalue weighted by molar-refractivity contribution is 0.507. The minimum absolute atomic E-state index is 0.513. The van der Waals surface area contributed by atoms with E-state index in [4.69, 9.17) is 0 Å². The van der Waals surface area contributed by atoms with Gasteiger partial charge in [-0.2, -0.15) is 0 Å². The molecule has 0 spiro atoms. The van der Waals surface area contributed by atoms with E-state index in [1.165, 1.54) is 23.4 Å². The van der Waals surface area contributed by atoms with Crippen LogP contribution >= 0.6 is 0 Å². The molecule has 0 saturated heterocycles. The smallest absolute Gasteiger partial charge is 0.159 e. The SMILES string of the molecule is CC1CCc2cc(Cc3ccc(F)c(F)c3)ccc2N1. The first-order valence-corrected chi connectivity index (χ1v) is 6.94. The van der Waals surface area contributed by atoms with Crippen molar-refractivity contribution in [3.05, 3.63) is 64.7 Å². The largest absolute Gasteiger partial charge is 0.382 e. The van der Waals surface area contributed by atoms with Crippen LogP contribution in [0, 0.1) is 11.6 Å². The van der Waals surface area contributed by atoms with Crippen molar-refractivity contribution in [3.8, 4) is 0 Å². The van der Waals surface area contributed by atoms with Gasteiger partial charge in [0.2, 0.25) is 0 Å². The highest BCUT2D eigenvalue weighted by Gasteiger charge is 2.14. The summed E-state index contributed by atoms with van der Waals surface area (Å²) in [6, 6.07) is 10.9. The van der Waals surface area contributed by atoms with Gasteiger partial charge in [-0.1, -0.05) is 18.2 Å². The Morgan fingerprint density at radius 2 is 1.80 bits per heavy atom. The van der Waals surface area contributed by atoms with Gasteiger partial charge < -0.3 is 5.32 Å². The van der Waals surface area contributed by atoms with Crippen LogP contribution in [0.15, 0.2) is 36.4 Å². The number of aryl methyl sites for hydroxylation is 1. The maximum absolute atomic E-state index is 13.2. The number of hydrogen-bond donors (Lipinski definition) is 1. The maximum Gasteiger partial charge on any atom is 0.159 e. The first-order valence-electron chi connectivity index (χ1n) is 6.94. The number of benzene rings is 2. The highest BCUT2D eigenvalue weighted by molar-refractivity contribution is 5.55. The maximum atomic E-state index is 13.2. The van der Waals surface area contributed by atoms with Crippen molar-refractivity contribution in [2.75, 3.05) is 5.32 Å².